The summed E-state index contributed by atoms with van der Waals surface area (Å²) in [7, 11) is 0. The number of carbonyl (C=O) groups excluding carboxylic acids is 1. The van der Waals surface area contributed by atoms with Crippen molar-refractivity contribution in [3.05, 3.63) is 90.4 Å². The van der Waals surface area contributed by atoms with Crippen LogP contribution >= 0.6 is 0 Å². The number of piperidine rings is 1. The van der Waals surface area contributed by atoms with Crippen LogP contribution in [0.1, 0.15) is 23.2 Å². The molecule has 0 atom stereocenters. The number of halogens is 1. The second-order valence-corrected chi connectivity index (χ2v) is 8.43. The second kappa shape index (κ2) is 9.89. The van der Waals surface area contributed by atoms with E-state index < -0.39 is 0 Å². The van der Waals surface area contributed by atoms with Gasteiger partial charge in [0.15, 0.2) is 0 Å². The summed E-state index contributed by atoms with van der Waals surface area (Å²) in [5.41, 5.74) is 4.45. The summed E-state index contributed by atoms with van der Waals surface area (Å²) < 4.78 is 13.8. The van der Waals surface area contributed by atoms with E-state index in [0.29, 0.717) is 22.5 Å². The van der Waals surface area contributed by atoms with Crippen molar-refractivity contribution < 1.29 is 9.18 Å². The highest BCUT2D eigenvalue weighted by atomic mass is 19.1. The predicted molar refractivity (Wildman–Crippen MR) is 135 cm³/mol. The minimum atomic E-state index is -0.325. The van der Waals surface area contributed by atoms with Crippen molar-refractivity contribution in [2.75, 3.05) is 29.0 Å². The smallest absolute Gasteiger partial charge is 0.255 e. The molecule has 1 aromatic heterocycles. The van der Waals surface area contributed by atoms with Crippen molar-refractivity contribution in [1.29, 1.82) is 0 Å². The molecule has 0 bridgehead atoms. The molecule has 1 aliphatic rings. The maximum absolute atomic E-state index is 13.8. The molecule has 1 aliphatic heterocycles. The van der Waals surface area contributed by atoms with E-state index >= 15 is 0 Å². The number of hydrogen-bond donors (Lipinski definition) is 4. The van der Waals surface area contributed by atoms with E-state index in [1.165, 1.54) is 12.1 Å². The van der Waals surface area contributed by atoms with Crippen LogP contribution in [0.15, 0.2) is 79.0 Å². The molecule has 34 heavy (non-hydrogen) atoms. The van der Waals surface area contributed by atoms with Gasteiger partial charge in [-0.3, -0.25) is 9.78 Å². The van der Waals surface area contributed by atoms with Gasteiger partial charge >= 0.3 is 0 Å². The number of nitrogens with one attached hydrogen (secondary N) is 4. The lowest BCUT2D eigenvalue weighted by molar-refractivity contribution is 0.102. The number of nitrogens with zero attached hydrogens (tertiary/aromatic N) is 1. The number of hydrogen-bond acceptors (Lipinski definition) is 5. The summed E-state index contributed by atoms with van der Waals surface area (Å²) >= 11 is 0. The molecule has 7 heteroatoms. The Labute approximate surface area is 197 Å². The molecule has 5 rings (SSSR count). The van der Waals surface area contributed by atoms with E-state index in [4.69, 9.17) is 0 Å². The number of pyridine rings is 1. The Balaban J connectivity index is 1.26. The first kappa shape index (κ1) is 21.9. The molecule has 6 nitrogen and oxygen atoms in total. The fourth-order valence-electron chi connectivity index (χ4n) is 4.18. The summed E-state index contributed by atoms with van der Waals surface area (Å²) in [5, 5.41) is 13.8. The molecular formula is C27H26FN5O. The SMILES string of the molecule is O=C(Nc1ccc(NC2CCNCC2)cc1)c1cccc(Nc2ccnc3ccc(F)cc23)c1. The Hall–Kier alpha value is -3.97. The maximum Gasteiger partial charge on any atom is 0.255 e. The lowest BCUT2D eigenvalue weighted by Crippen LogP contribution is -2.35. The number of fused-ring (bicyclic) bond motifs is 1. The first-order valence-electron chi connectivity index (χ1n) is 11.4. The number of aromatic nitrogens is 1. The van der Waals surface area contributed by atoms with Crippen molar-refractivity contribution in [2.45, 2.75) is 18.9 Å². The molecular weight excluding hydrogens is 429 g/mol. The fraction of sp³-hybridized carbons (Fsp3) is 0.185. The lowest BCUT2D eigenvalue weighted by Gasteiger charge is -2.24. The normalized spacial score (nSPS) is 14.0. The summed E-state index contributed by atoms with van der Waals surface area (Å²) in [6.45, 7) is 2.07. The van der Waals surface area contributed by atoms with Crippen LogP contribution in [0.3, 0.4) is 0 Å². The van der Waals surface area contributed by atoms with Gasteiger partial charge in [-0.1, -0.05) is 6.07 Å². The summed E-state index contributed by atoms with van der Waals surface area (Å²) in [6, 6.07) is 21.7. The topological polar surface area (TPSA) is 78.1 Å². The first-order valence-corrected chi connectivity index (χ1v) is 11.4. The monoisotopic (exact) mass is 455 g/mol. The van der Waals surface area contributed by atoms with E-state index in [9.17, 15) is 9.18 Å². The summed E-state index contributed by atoms with van der Waals surface area (Å²) in [4.78, 5) is 17.1. The predicted octanol–water partition coefficient (Wildman–Crippen LogP) is 5.53. The van der Waals surface area contributed by atoms with Crippen LogP contribution in [0.4, 0.5) is 27.1 Å². The number of amides is 1. The third-order valence-corrected chi connectivity index (χ3v) is 5.96. The van der Waals surface area contributed by atoms with Gasteiger partial charge in [-0.05, 0) is 92.7 Å². The highest BCUT2D eigenvalue weighted by Gasteiger charge is 2.13. The van der Waals surface area contributed by atoms with Crippen molar-refractivity contribution in [2.24, 2.45) is 0 Å². The average Bonchev–Trinajstić information content (AvgIpc) is 2.86. The molecule has 172 valence electrons. The number of benzene rings is 3. The third kappa shape index (κ3) is 5.15. The number of rotatable bonds is 6. The Morgan fingerprint density at radius 2 is 1.71 bits per heavy atom. The molecule has 0 unspecified atom stereocenters. The largest absolute Gasteiger partial charge is 0.382 e. The van der Waals surface area contributed by atoms with Crippen LogP contribution in [0.25, 0.3) is 10.9 Å². The average molecular weight is 456 g/mol. The van der Waals surface area contributed by atoms with Crippen molar-refractivity contribution in [3.8, 4) is 0 Å². The highest BCUT2D eigenvalue weighted by Crippen LogP contribution is 2.26. The van der Waals surface area contributed by atoms with Crippen LogP contribution in [0, 0.1) is 5.82 Å². The molecule has 2 heterocycles. The van der Waals surface area contributed by atoms with E-state index in [0.717, 1.165) is 48.7 Å². The van der Waals surface area contributed by atoms with Crippen LogP contribution < -0.4 is 21.3 Å². The van der Waals surface area contributed by atoms with Crippen LogP contribution in [0.2, 0.25) is 0 Å². The van der Waals surface area contributed by atoms with Gasteiger partial charge in [-0.15, -0.1) is 0 Å². The van der Waals surface area contributed by atoms with Crippen LogP contribution in [-0.4, -0.2) is 30.0 Å². The molecule has 0 aliphatic carbocycles. The molecule has 3 aromatic carbocycles. The molecule has 1 amide bonds. The Kier molecular flexibility index (Phi) is 6.35. The van der Waals surface area contributed by atoms with Gasteiger partial charge in [0.25, 0.3) is 5.91 Å². The van der Waals surface area contributed by atoms with E-state index in [2.05, 4.69) is 26.3 Å². The van der Waals surface area contributed by atoms with E-state index in [1.807, 2.05) is 36.4 Å². The van der Waals surface area contributed by atoms with E-state index in [1.54, 1.807) is 30.5 Å². The number of anilines is 4. The van der Waals surface area contributed by atoms with Gasteiger partial charge in [0, 0.05) is 45.9 Å². The van der Waals surface area contributed by atoms with Crippen molar-refractivity contribution in [3.63, 3.8) is 0 Å². The zero-order chi connectivity index (χ0) is 23.3. The van der Waals surface area contributed by atoms with Gasteiger partial charge in [0.1, 0.15) is 5.82 Å². The minimum absolute atomic E-state index is 0.201. The molecule has 0 radical (unpaired) electrons. The van der Waals surface area contributed by atoms with Gasteiger partial charge in [0.2, 0.25) is 0 Å². The first-order chi connectivity index (χ1) is 16.6. The number of carbonyl (C=O) groups is 1. The van der Waals surface area contributed by atoms with E-state index in [-0.39, 0.29) is 11.7 Å². The standard InChI is InChI=1S/C27H26FN5O/c28-19-4-9-25-24(17-19)26(12-15-30-25)32-23-3-1-2-18(16-23)27(34)33-21-7-5-20(6-8-21)31-22-10-13-29-14-11-22/h1-9,12,15-17,22,29,31H,10-11,13-14H2,(H,30,32)(H,33,34). The molecule has 4 N–H and O–H groups in total. The zero-order valence-electron chi connectivity index (χ0n) is 18.6. The highest BCUT2D eigenvalue weighted by molar-refractivity contribution is 6.05. The van der Waals surface area contributed by atoms with Crippen LogP contribution in [-0.2, 0) is 0 Å². The summed E-state index contributed by atoms with van der Waals surface area (Å²) in [6.07, 6.45) is 3.88. The fourth-order valence-corrected chi connectivity index (χ4v) is 4.18. The van der Waals surface area contributed by atoms with Gasteiger partial charge in [0.05, 0.1) is 5.52 Å². The van der Waals surface area contributed by atoms with Gasteiger partial charge in [-0.2, -0.15) is 0 Å². The van der Waals surface area contributed by atoms with Crippen molar-refractivity contribution in [1.82, 2.24) is 10.3 Å². The van der Waals surface area contributed by atoms with Crippen LogP contribution in [0.5, 0.6) is 0 Å². The van der Waals surface area contributed by atoms with Gasteiger partial charge in [-0.25, -0.2) is 4.39 Å². The van der Waals surface area contributed by atoms with Gasteiger partial charge < -0.3 is 21.3 Å². The maximum atomic E-state index is 13.8. The Morgan fingerprint density at radius 3 is 2.53 bits per heavy atom. The Bertz CT molecular complexity index is 1300. The molecule has 0 saturated carbocycles. The molecule has 1 fully saturated rings. The molecule has 4 aromatic rings. The third-order valence-electron chi connectivity index (χ3n) is 5.96. The summed E-state index contributed by atoms with van der Waals surface area (Å²) in [5.74, 6) is -0.526. The lowest BCUT2D eigenvalue weighted by atomic mass is 10.1. The second-order valence-electron chi connectivity index (χ2n) is 8.43. The quantitative estimate of drug-likeness (QED) is 0.307. The minimum Gasteiger partial charge on any atom is -0.382 e. The molecule has 0 spiro atoms. The Morgan fingerprint density at radius 1 is 0.912 bits per heavy atom. The van der Waals surface area contributed by atoms with Crippen molar-refractivity contribution >= 4 is 39.6 Å². The zero-order valence-corrected chi connectivity index (χ0v) is 18.6. The molecule has 1 saturated heterocycles.